The van der Waals surface area contributed by atoms with Gasteiger partial charge in [0.05, 0.1) is 11.4 Å². The molecule has 0 fully saturated rings. The fourth-order valence-electron chi connectivity index (χ4n) is 5.00. The number of nitrogens with zero attached hydrogens (tertiary/aromatic N) is 6. The number of para-hydroxylation sites is 2. The van der Waals surface area contributed by atoms with Crippen molar-refractivity contribution < 1.29 is 8.83 Å². The van der Waals surface area contributed by atoms with Crippen LogP contribution in [0.3, 0.4) is 0 Å². The van der Waals surface area contributed by atoms with Crippen molar-refractivity contribution in [1.29, 1.82) is 0 Å². The number of fused-ring (bicyclic) bond motifs is 2. The van der Waals surface area contributed by atoms with Gasteiger partial charge in [-0.05, 0) is 36.4 Å². The molecule has 4 heterocycles. The molecule has 0 radical (unpaired) electrons. The van der Waals surface area contributed by atoms with E-state index in [1.807, 2.05) is 82.4 Å². The SMILES string of the molecule is CC(C)(C)c1nc2cccc(-n3ccc(-c4ccccc4-c4ccn(-c5cccc6nc(C(C)(C)C)oc56)n4)n3)c2o1. The quantitative estimate of drug-likeness (QED) is 0.217. The summed E-state index contributed by atoms with van der Waals surface area (Å²) in [6.45, 7) is 12.6. The summed E-state index contributed by atoms with van der Waals surface area (Å²) >= 11 is 0. The predicted molar refractivity (Wildman–Crippen MR) is 164 cm³/mol. The molecule has 4 aromatic heterocycles. The Morgan fingerprint density at radius 3 is 1.36 bits per heavy atom. The van der Waals surface area contributed by atoms with Crippen LogP contribution in [0.4, 0.5) is 0 Å². The van der Waals surface area contributed by atoms with Crippen molar-refractivity contribution in [1.82, 2.24) is 29.5 Å². The van der Waals surface area contributed by atoms with Gasteiger partial charge in [0.25, 0.3) is 0 Å². The first kappa shape index (κ1) is 26.0. The highest BCUT2D eigenvalue weighted by Crippen LogP contribution is 2.34. The normalized spacial score (nSPS) is 12.5. The second kappa shape index (κ2) is 9.27. The number of benzene rings is 3. The molecule has 8 heteroatoms. The van der Waals surface area contributed by atoms with Crippen molar-refractivity contribution in [2.45, 2.75) is 52.4 Å². The van der Waals surface area contributed by atoms with Crippen molar-refractivity contribution >= 4 is 22.2 Å². The zero-order chi connectivity index (χ0) is 29.2. The number of hydrogen-bond acceptors (Lipinski definition) is 6. The standard InChI is InChI=1S/C34H32N6O2/c1-33(2,3)31-35-25-13-9-15-27(29(25)41-31)39-19-17-23(37-39)21-11-7-8-12-22(21)24-18-20-40(38-24)28-16-10-14-26-30(28)42-32(36-26)34(4,5)6/h7-20H,1-6H3. The Balaban J connectivity index is 1.27. The zero-order valence-electron chi connectivity index (χ0n) is 24.6. The van der Waals surface area contributed by atoms with Gasteiger partial charge >= 0.3 is 0 Å². The Morgan fingerprint density at radius 2 is 0.952 bits per heavy atom. The van der Waals surface area contributed by atoms with Crippen molar-refractivity contribution in [3.8, 4) is 33.9 Å². The van der Waals surface area contributed by atoms with E-state index < -0.39 is 0 Å². The molecule has 3 aromatic carbocycles. The Bertz CT molecular complexity index is 1930. The molecular weight excluding hydrogens is 524 g/mol. The minimum atomic E-state index is -0.193. The fourth-order valence-corrected chi connectivity index (χ4v) is 5.00. The van der Waals surface area contributed by atoms with Gasteiger partial charge < -0.3 is 8.83 Å². The van der Waals surface area contributed by atoms with Crippen LogP contribution >= 0.6 is 0 Å². The van der Waals surface area contributed by atoms with Gasteiger partial charge in [-0.1, -0.05) is 77.9 Å². The smallest absolute Gasteiger partial charge is 0.200 e. The molecule has 210 valence electrons. The highest BCUT2D eigenvalue weighted by atomic mass is 16.4. The molecule has 0 unspecified atom stereocenters. The van der Waals surface area contributed by atoms with Gasteiger partial charge in [0.2, 0.25) is 11.8 Å². The molecule has 0 saturated heterocycles. The third kappa shape index (κ3) is 4.40. The average Bonchev–Trinajstić information content (AvgIpc) is 3.76. The molecule has 0 aliphatic carbocycles. The second-order valence-electron chi connectivity index (χ2n) is 12.6. The summed E-state index contributed by atoms with van der Waals surface area (Å²) < 4.78 is 16.1. The highest BCUT2D eigenvalue weighted by Gasteiger charge is 2.24. The molecule has 7 rings (SSSR count). The molecule has 0 N–H and O–H groups in total. The molecule has 0 spiro atoms. The first-order chi connectivity index (χ1) is 20.1. The molecule has 0 saturated carbocycles. The van der Waals surface area contributed by atoms with Crippen LogP contribution in [0, 0.1) is 0 Å². The van der Waals surface area contributed by atoms with E-state index in [0.29, 0.717) is 11.8 Å². The maximum Gasteiger partial charge on any atom is 0.200 e. The summed E-state index contributed by atoms with van der Waals surface area (Å²) in [7, 11) is 0. The van der Waals surface area contributed by atoms with Crippen LogP contribution in [-0.2, 0) is 10.8 Å². The lowest BCUT2D eigenvalue weighted by atomic mass is 9.97. The van der Waals surface area contributed by atoms with E-state index in [1.165, 1.54) is 0 Å². The topological polar surface area (TPSA) is 87.7 Å². The van der Waals surface area contributed by atoms with Gasteiger partial charge in [0, 0.05) is 34.4 Å². The summed E-state index contributed by atoms with van der Waals surface area (Å²) in [4.78, 5) is 9.44. The van der Waals surface area contributed by atoms with Gasteiger partial charge in [-0.25, -0.2) is 19.3 Å². The largest absolute Gasteiger partial charge is 0.438 e. The van der Waals surface area contributed by atoms with Crippen LogP contribution in [-0.4, -0.2) is 29.5 Å². The van der Waals surface area contributed by atoms with E-state index in [1.54, 1.807) is 0 Å². The lowest BCUT2D eigenvalue weighted by molar-refractivity contribution is 0.410. The highest BCUT2D eigenvalue weighted by molar-refractivity contribution is 5.84. The second-order valence-corrected chi connectivity index (χ2v) is 12.6. The van der Waals surface area contributed by atoms with Gasteiger partial charge in [-0.2, -0.15) is 10.2 Å². The maximum atomic E-state index is 6.22. The van der Waals surface area contributed by atoms with Crippen molar-refractivity contribution in [3.05, 3.63) is 97.0 Å². The molecule has 7 aromatic rings. The lowest BCUT2D eigenvalue weighted by Crippen LogP contribution is -2.10. The van der Waals surface area contributed by atoms with E-state index in [9.17, 15) is 0 Å². The van der Waals surface area contributed by atoms with E-state index in [2.05, 4.69) is 53.7 Å². The third-order valence-corrected chi connectivity index (χ3v) is 7.22. The molecule has 42 heavy (non-hydrogen) atoms. The zero-order valence-corrected chi connectivity index (χ0v) is 24.6. The van der Waals surface area contributed by atoms with Crippen LogP contribution in [0.15, 0.2) is 94.0 Å². The fraction of sp³-hybridized carbons (Fsp3) is 0.235. The number of rotatable bonds is 4. The van der Waals surface area contributed by atoms with E-state index in [0.717, 1.165) is 56.1 Å². The molecule has 0 aliphatic heterocycles. The van der Waals surface area contributed by atoms with Crippen LogP contribution in [0.25, 0.3) is 56.1 Å². The van der Waals surface area contributed by atoms with Gasteiger partial charge in [0.15, 0.2) is 11.2 Å². The van der Waals surface area contributed by atoms with Crippen LogP contribution < -0.4 is 0 Å². The average molecular weight is 557 g/mol. The van der Waals surface area contributed by atoms with Crippen molar-refractivity contribution in [2.75, 3.05) is 0 Å². The summed E-state index contributed by atoms with van der Waals surface area (Å²) in [6.07, 6.45) is 3.91. The Hall–Kier alpha value is -4.98. The minimum absolute atomic E-state index is 0.193. The molecule has 0 bridgehead atoms. The van der Waals surface area contributed by atoms with Crippen molar-refractivity contribution in [3.63, 3.8) is 0 Å². The van der Waals surface area contributed by atoms with Crippen LogP contribution in [0.5, 0.6) is 0 Å². The molecule has 8 nitrogen and oxygen atoms in total. The summed E-state index contributed by atoms with van der Waals surface area (Å²) in [5.41, 5.74) is 8.01. The minimum Gasteiger partial charge on any atom is -0.438 e. The van der Waals surface area contributed by atoms with Crippen LogP contribution in [0.1, 0.15) is 53.3 Å². The summed E-state index contributed by atoms with van der Waals surface area (Å²) in [6, 6.07) is 24.1. The Morgan fingerprint density at radius 1 is 0.524 bits per heavy atom. The third-order valence-electron chi connectivity index (χ3n) is 7.22. The first-order valence-electron chi connectivity index (χ1n) is 14.1. The van der Waals surface area contributed by atoms with Gasteiger partial charge in [-0.15, -0.1) is 0 Å². The number of aromatic nitrogens is 6. The Labute approximate surface area is 243 Å². The molecule has 0 aliphatic rings. The first-order valence-corrected chi connectivity index (χ1v) is 14.1. The monoisotopic (exact) mass is 556 g/mol. The lowest BCUT2D eigenvalue weighted by Gasteiger charge is -2.11. The van der Waals surface area contributed by atoms with Crippen molar-refractivity contribution in [2.24, 2.45) is 0 Å². The summed E-state index contributed by atoms with van der Waals surface area (Å²) in [5.74, 6) is 1.41. The Kier molecular flexibility index (Phi) is 5.73. The van der Waals surface area contributed by atoms with Crippen LogP contribution in [0.2, 0.25) is 0 Å². The molecule has 0 atom stereocenters. The number of oxazole rings is 2. The van der Waals surface area contributed by atoms with Gasteiger partial charge in [0.1, 0.15) is 22.4 Å². The van der Waals surface area contributed by atoms with E-state index >= 15 is 0 Å². The van der Waals surface area contributed by atoms with Gasteiger partial charge in [-0.3, -0.25) is 0 Å². The van der Waals surface area contributed by atoms with E-state index in [-0.39, 0.29) is 10.8 Å². The predicted octanol–water partition coefficient (Wildman–Crippen LogP) is 8.27. The van der Waals surface area contributed by atoms with E-state index in [4.69, 9.17) is 29.0 Å². The molecule has 0 amide bonds. The number of hydrogen-bond donors (Lipinski definition) is 0. The molecular formula is C34H32N6O2. The summed E-state index contributed by atoms with van der Waals surface area (Å²) in [5, 5.41) is 9.92. The maximum absolute atomic E-state index is 6.22.